The zero-order valence-electron chi connectivity index (χ0n) is 25.2. The van der Waals surface area contributed by atoms with Crippen LogP contribution in [0, 0.1) is 23.5 Å². The second-order valence-corrected chi connectivity index (χ2v) is 12.9. The Bertz CT molecular complexity index is 1090. The summed E-state index contributed by atoms with van der Waals surface area (Å²) in [4.78, 5) is 8.62. The number of epoxide rings is 1. The molecule has 0 N–H and O–H groups in total. The largest absolute Gasteiger partial charge is 0.488 e. The highest BCUT2D eigenvalue weighted by atomic mass is 19.2. The maximum Gasteiger partial charge on any atom is 0.170 e. The van der Waals surface area contributed by atoms with E-state index in [1.165, 1.54) is 89.9 Å². The molecule has 41 heavy (non-hydrogen) atoms. The van der Waals surface area contributed by atoms with Gasteiger partial charge in [-0.05, 0) is 54.7 Å². The fraction of sp³-hybridized carbons (Fsp3) is 0.714. The minimum Gasteiger partial charge on any atom is -0.488 e. The first kappa shape index (κ1) is 30.4. The van der Waals surface area contributed by atoms with Gasteiger partial charge in [-0.25, -0.2) is 18.7 Å². The van der Waals surface area contributed by atoms with E-state index in [1.54, 1.807) is 18.5 Å². The molecule has 3 atom stereocenters. The SMILES string of the molecule is CCCCCCC1OC1COc1cnc(-c2cc3c(c(F)c2F)CC(CCCCCCCCCC2CC2)CC3)nc1. The lowest BCUT2D eigenvalue weighted by Gasteiger charge is -2.26. The molecule has 1 aliphatic heterocycles. The first-order chi connectivity index (χ1) is 20.1. The molecule has 2 aliphatic carbocycles. The van der Waals surface area contributed by atoms with E-state index in [0.717, 1.165) is 37.2 Å². The number of nitrogens with zero attached hydrogens (tertiary/aromatic N) is 2. The number of hydrogen-bond donors (Lipinski definition) is 0. The van der Waals surface area contributed by atoms with Gasteiger partial charge >= 0.3 is 0 Å². The van der Waals surface area contributed by atoms with E-state index in [4.69, 9.17) is 9.47 Å². The second-order valence-electron chi connectivity index (χ2n) is 12.9. The molecule has 1 saturated carbocycles. The molecule has 0 amide bonds. The molecule has 2 fully saturated rings. The Balaban J connectivity index is 1.03. The molecule has 2 aromatic rings. The molecule has 226 valence electrons. The number of aryl methyl sites for hydroxylation is 1. The number of fused-ring (bicyclic) bond motifs is 1. The second kappa shape index (κ2) is 15.4. The zero-order chi connectivity index (χ0) is 28.4. The molecule has 2 heterocycles. The first-order valence-corrected chi connectivity index (χ1v) is 16.7. The highest BCUT2D eigenvalue weighted by molar-refractivity contribution is 5.59. The Kier molecular flexibility index (Phi) is 11.4. The molecule has 1 saturated heterocycles. The number of halogens is 2. The van der Waals surface area contributed by atoms with Crippen LogP contribution >= 0.6 is 0 Å². The fourth-order valence-corrected chi connectivity index (χ4v) is 6.54. The number of aromatic nitrogens is 2. The van der Waals surface area contributed by atoms with Crippen LogP contribution in [0.1, 0.15) is 127 Å². The number of rotatable bonds is 19. The summed E-state index contributed by atoms with van der Waals surface area (Å²) in [5, 5.41) is 0. The quantitative estimate of drug-likeness (QED) is 0.125. The van der Waals surface area contributed by atoms with Gasteiger partial charge in [0.1, 0.15) is 12.7 Å². The Hall–Kier alpha value is -2.08. The van der Waals surface area contributed by atoms with Crippen LogP contribution < -0.4 is 4.74 Å². The van der Waals surface area contributed by atoms with Crippen molar-refractivity contribution in [1.29, 1.82) is 0 Å². The monoisotopic (exact) mass is 568 g/mol. The van der Waals surface area contributed by atoms with Gasteiger partial charge in [-0.1, -0.05) is 103 Å². The Labute approximate surface area is 246 Å². The molecule has 3 unspecified atom stereocenters. The third kappa shape index (κ3) is 9.20. The minimum atomic E-state index is -0.836. The number of hydrogen-bond acceptors (Lipinski definition) is 4. The van der Waals surface area contributed by atoms with E-state index in [0.29, 0.717) is 30.3 Å². The number of unbranched alkanes of at least 4 members (excludes halogenated alkanes) is 9. The van der Waals surface area contributed by atoms with Gasteiger partial charge < -0.3 is 9.47 Å². The minimum absolute atomic E-state index is 0.124. The third-order valence-electron chi connectivity index (χ3n) is 9.45. The lowest BCUT2D eigenvalue weighted by atomic mass is 9.80. The summed E-state index contributed by atoms with van der Waals surface area (Å²) in [6.45, 7) is 2.67. The van der Waals surface area contributed by atoms with E-state index >= 15 is 8.78 Å². The average molecular weight is 569 g/mol. The summed E-state index contributed by atoms with van der Waals surface area (Å²) >= 11 is 0. The standard InChI is InChI=1S/C35H50F2N2O2/c1-2-3-4-12-15-31-32(41-31)24-40-28-22-38-35(39-23-28)30-21-27-19-18-26(20-29(27)33(36)34(30)37)14-11-9-7-5-6-8-10-13-25-16-17-25/h21-23,25-26,31-32H,2-20,24H2,1H3. The van der Waals surface area contributed by atoms with Gasteiger partial charge in [0, 0.05) is 0 Å². The highest BCUT2D eigenvalue weighted by Crippen LogP contribution is 2.36. The topological polar surface area (TPSA) is 47.5 Å². The van der Waals surface area contributed by atoms with Crippen molar-refractivity contribution in [3.8, 4) is 17.1 Å². The highest BCUT2D eigenvalue weighted by Gasteiger charge is 2.38. The zero-order valence-corrected chi connectivity index (χ0v) is 25.2. The Morgan fingerprint density at radius 3 is 2.15 bits per heavy atom. The molecule has 4 nitrogen and oxygen atoms in total. The van der Waals surface area contributed by atoms with Gasteiger partial charge in [-0.3, -0.25) is 0 Å². The predicted octanol–water partition coefficient (Wildman–Crippen LogP) is 9.56. The van der Waals surface area contributed by atoms with Crippen LogP contribution in [0.2, 0.25) is 0 Å². The van der Waals surface area contributed by atoms with Crippen molar-refractivity contribution in [3.05, 3.63) is 41.2 Å². The lowest BCUT2D eigenvalue weighted by molar-refractivity contribution is 0.258. The van der Waals surface area contributed by atoms with Crippen molar-refractivity contribution >= 4 is 0 Å². The average Bonchev–Trinajstić information content (AvgIpc) is 3.93. The number of benzene rings is 1. The lowest BCUT2D eigenvalue weighted by Crippen LogP contribution is -2.17. The van der Waals surface area contributed by atoms with Crippen LogP contribution in [0.25, 0.3) is 11.4 Å². The summed E-state index contributed by atoms with van der Waals surface area (Å²) in [7, 11) is 0. The molecule has 3 aliphatic rings. The summed E-state index contributed by atoms with van der Waals surface area (Å²) in [6.07, 6.45) is 26.7. The normalized spacial score (nSPS) is 21.6. The van der Waals surface area contributed by atoms with E-state index in [2.05, 4.69) is 16.9 Å². The van der Waals surface area contributed by atoms with Crippen molar-refractivity contribution in [1.82, 2.24) is 9.97 Å². The fourth-order valence-electron chi connectivity index (χ4n) is 6.54. The summed E-state index contributed by atoms with van der Waals surface area (Å²) < 4.78 is 41.9. The van der Waals surface area contributed by atoms with Gasteiger partial charge in [0.15, 0.2) is 23.2 Å². The Morgan fingerprint density at radius 1 is 0.780 bits per heavy atom. The van der Waals surface area contributed by atoms with E-state index in [1.807, 2.05) is 0 Å². The van der Waals surface area contributed by atoms with Crippen molar-refractivity contribution in [2.24, 2.45) is 11.8 Å². The van der Waals surface area contributed by atoms with Gasteiger partial charge in [-0.2, -0.15) is 0 Å². The maximum absolute atomic E-state index is 15.2. The van der Waals surface area contributed by atoms with Crippen LogP contribution in [0.4, 0.5) is 8.78 Å². The predicted molar refractivity (Wildman–Crippen MR) is 160 cm³/mol. The molecule has 0 bridgehead atoms. The van der Waals surface area contributed by atoms with Crippen molar-refractivity contribution < 1.29 is 18.3 Å². The molecule has 1 aromatic carbocycles. The molecule has 5 rings (SSSR count). The van der Waals surface area contributed by atoms with Gasteiger partial charge in [0.2, 0.25) is 0 Å². The van der Waals surface area contributed by atoms with Crippen LogP contribution in [0.5, 0.6) is 5.75 Å². The first-order valence-electron chi connectivity index (χ1n) is 16.7. The Morgan fingerprint density at radius 2 is 1.44 bits per heavy atom. The van der Waals surface area contributed by atoms with Gasteiger partial charge in [0.05, 0.1) is 24.1 Å². The number of ether oxygens (including phenoxy) is 2. The molecule has 6 heteroatoms. The molecular weight excluding hydrogens is 518 g/mol. The van der Waals surface area contributed by atoms with Crippen LogP contribution in [0.15, 0.2) is 18.5 Å². The third-order valence-corrected chi connectivity index (χ3v) is 9.45. The van der Waals surface area contributed by atoms with Gasteiger partial charge in [-0.15, -0.1) is 0 Å². The van der Waals surface area contributed by atoms with Crippen LogP contribution in [0.3, 0.4) is 0 Å². The molecule has 0 spiro atoms. The van der Waals surface area contributed by atoms with Crippen LogP contribution in [-0.4, -0.2) is 28.8 Å². The maximum atomic E-state index is 15.2. The summed E-state index contributed by atoms with van der Waals surface area (Å²) in [5.41, 5.74) is 1.61. The molecular formula is C35H50F2N2O2. The van der Waals surface area contributed by atoms with Crippen molar-refractivity contribution in [2.45, 2.75) is 141 Å². The van der Waals surface area contributed by atoms with Gasteiger partial charge in [0.25, 0.3) is 0 Å². The van der Waals surface area contributed by atoms with Crippen molar-refractivity contribution in [3.63, 3.8) is 0 Å². The van der Waals surface area contributed by atoms with E-state index in [9.17, 15) is 0 Å². The molecule has 0 radical (unpaired) electrons. The molecule has 1 aromatic heterocycles. The van der Waals surface area contributed by atoms with E-state index in [-0.39, 0.29) is 23.6 Å². The van der Waals surface area contributed by atoms with Crippen molar-refractivity contribution in [2.75, 3.05) is 6.61 Å². The summed E-state index contributed by atoms with van der Waals surface area (Å²) in [5.74, 6) is 0.670. The van der Waals surface area contributed by atoms with Crippen LogP contribution in [-0.2, 0) is 17.6 Å². The smallest absolute Gasteiger partial charge is 0.170 e. The summed E-state index contributed by atoms with van der Waals surface area (Å²) in [6, 6.07) is 1.77. The van der Waals surface area contributed by atoms with E-state index < -0.39 is 11.6 Å².